The van der Waals surface area contributed by atoms with Crippen molar-refractivity contribution >= 4 is 17.2 Å². The van der Waals surface area contributed by atoms with Crippen molar-refractivity contribution in [3.63, 3.8) is 0 Å². The molecule has 13 heavy (non-hydrogen) atoms. The number of thiocarbonyl (C=S) groups is 1. The maximum absolute atomic E-state index is 5.19. The fraction of sp³-hybridized carbons (Fsp3) is 0.182. The Bertz CT molecular complexity index is 303. The molecule has 2 heteroatoms. The Kier molecular flexibility index (Phi) is 3.65. The van der Waals surface area contributed by atoms with Gasteiger partial charge in [-0.25, -0.2) is 0 Å². The zero-order valence-electron chi connectivity index (χ0n) is 7.71. The largest absolute Gasteiger partial charge is 0.372 e. The molecule has 0 spiro atoms. The number of nitrogens with one attached hydrogen (secondary N) is 1. The van der Waals surface area contributed by atoms with E-state index in [-0.39, 0.29) is 0 Å². The summed E-state index contributed by atoms with van der Waals surface area (Å²) in [7, 11) is 0. The zero-order valence-corrected chi connectivity index (χ0v) is 8.53. The van der Waals surface area contributed by atoms with E-state index in [0.29, 0.717) is 0 Å². The molecule has 1 rings (SSSR count). The highest BCUT2D eigenvalue weighted by Crippen LogP contribution is 1.99. The van der Waals surface area contributed by atoms with E-state index in [1.165, 1.54) is 0 Å². The number of hydrogen-bond donors (Lipinski definition) is 1. The lowest BCUT2D eigenvalue weighted by Crippen LogP contribution is -2.23. The second-order valence-electron chi connectivity index (χ2n) is 3.01. The first kappa shape index (κ1) is 9.93. The fourth-order valence-corrected chi connectivity index (χ4v) is 1.13. The molecule has 68 valence electrons. The Morgan fingerprint density at radius 3 is 2.54 bits per heavy atom. The van der Waals surface area contributed by atoms with Crippen LogP contribution >= 0.6 is 12.2 Å². The zero-order chi connectivity index (χ0) is 9.68. The minimum absolute atomic E-state index is 0.744. The Labute approximate surface area is 84.5 Å². The lowest BCUT2D eigenvalue weighted by Gasteiger charge is -2.06. The van der Waals surface area contributed by atoms with Crippen LogP contribution in [-0.4, -0.2) is 11.5 Å². The third-order valence-corrected chi connectivity index (χ3v) is 1.97. The van der Waals surface area contributed by atoms with Crippen molar-refractivity contribution in [3.8, 4) is 0 Å². The Balaban J connectivity index is 2.54. The van der Waals surface area contributed by atoms with Gasteiger partial charge in [0.15, 0.2) is 0 Å². The molecule has 0 saturated heterocycles. The molecule has 0 bridgehead atoms. The maximum Gasteiger partial charge on any atom is 0.106 e. The van der Waals surface area contributed by atoms with Crippen molar-refractivity contribution in [1.82, 2.24) is 5.32 Å². The Hall–Kier alpha value is -1.15. The smallest absolute Gasteiger partial charge is 0.106 e. The first-order chi connectivity index (χ1) is 6.20. The minimum Gasteiger partial charge on any atom is -0.372 e. The number of benzene rings is 1. The molecule has 0 unspecified atom stereocenters. The van der Waals surface area contributed by atoms with E-state index < -0.39 is 0 Å². The van der Waals surface area contributed by atoms with E-state index in [2.05, 4.69) is 11.9 Å². The van der Waals surface area contributed by atoms with E-state index in [9.17, 15) is 0 Å². The van der Waals surface area contributed by atoms with Crippen LogP contribution in [0.15, 0.2) is 42.5 Å². The molecule has 0 aromatic heterocycles. The monoisotopic (exact) mass is 191 g/mol. The summed E-state index contributed by atoms with van der Waals surface area (Å²) < 4.78 is 0. The lowest BCUT2D eigenvalue weighted by molar-refractivity contribution is 1.00. The number of rotatable bonds is 3. The summed E-state index contributed by atoms with van der Waals surface area (Å²) in [5.41, 5.74) is 2.14. The average molecular weight is 191 g/mol. The molecule has 0 heterocycles. The van der Waals surface area contributed by atoms with Gasteiger partial charge in [-0.2, -0.15) is 0 Å². The van der Waals surface area contributed by atoms with Crippen LogP contribution in [0.5, 0.6) is 0 Å². The van der Waals surface area contributed by atoms with E-state index >= 15 is 0 Å². The van der Waals surface area contributed by atoms with Gasteiger partial charge in [0.2, 0.25) is 0 Å². The van der Waals surface area contributed by atoms with Crippen LogP contribution in [0.3, 0.4) is 0 Å². The van der Waals surface area contributed by atoms with Crippen LogP contribution in [0, 0.1) is 0 Å². The Morgan fingerprint density at radius 1 is 1.38 bits per heavy atom. The second kappa shape index (κ2) is 4.77. The minimum atomic E-state index is 0.744. The molecule has 0 aliphatic heterocycles. The maximum atomic E-state index is 5.19. The molecule has 0 fully saturated rings. The molecule has 1 aromatic rings. The van der Waals surface area contributed by atoms with Gasteiger partial charge in [0.05, 0.1) is 0 Å². The normalized spacial score (nSPS) is 9.31. The van der Waals surface area contributed by atoms with E-state index in [1.54, 1.807) is 0 Å². The summed E-state index contributed by atoms with van der Waals surface area (Å²) in [6.07, 6.45) is 0. The quantitative estimate of drug-likeness (QED) is 0.582. The summed E-state index contributed by atoms with van der Waals surface area (Å²) in [6, 6.07) is 9.92. The van der Waals surface area contributed by atoms with Crippen LogP contribution in [-0.2, 0) is 0 Å². The molecule has 1 nitrogen and oxygen atoms in total. The van der Waals surface area contributed by atoms with Crippen molar-refractivity contribution in [2.75, 3.05) is 6.54 Å². The SMILES string of the molecule is C=C(C)CNC(=S)c1ccccc1. The molecule has 1 aromatic carbocycles. The molecular weight excluding hydrogens is 178 g/mol. The molecule has 1 N–H and O–H groups in total. The Morgan fingerprint density at radius 2 is 2.00 bits per heavy atom. The summed E-state index contributed by atoms with van der Waals surface area (Å²) >= 11 is 5.19. The first-order valence-corrected chi connectivity index (χ1v) is 4.58. The second-order valence-corrected chi connectivity index (χ2v) is 3.41. The van der Waals surface area contributed by atoms with Gasteiger partial charge >= 0.3 is 0 Å². The summed E-state index contributed by atoms with van der Waals surface area (Å²) in [5.74, 6) is 0. The van der Waals surface area contributed by atoms with Gasteiger partial charge in [-0.1, -0.05) is 54.7 Å². The molecule has 0 atom stereocenters. The molecule has 0 amide bonds. The van der Waals surface area contributed by atoms with Gasteiger partial charge in [-0.05, 0) is 6.92 Å². The topological polar surface area (TPSA) is 12.0 Å². The third kappa shape index (κ3) is 3.38. The van der Waals surface area contributed by atoms with E-state index in [1.807, 2.05) is 37.3 Å². The fourth-order valence-electron chi connectivity index (χ4n) is 0.923. The van der Waals surface area contributed by atoms with Gasteiger partial charge in [-0.15, -0.1) is 0 Å². The number of hydrogen-bond acceptors (Lipinski definition) is 1. The van der Waals surface area contributed by atoms with Gasteiger partial charge < -0.3 is 5.32 Å². The highest BCUT2D eigenvalue weighted by atomic mass is 32.1. The van der Waals surface area contributed by atoms with Crippen molar-refractivity contribution < 1.29 is 0 Å². The van der Waals surface area contributed by atoms with Gasteiger partial charge in [0, 0.05) is 12.1 Å². The molecule has 0 saturated carbocycles. The van der Waals surface area contributed by atoms with Crippen molar-refractivity contribution in [2.24, 2.45) is 0 Å². The summed E-state index contributed by atoms with van der Waals surface area (Å²) in [6.45, 7) is 6.52. The van der Waals surface area contributed by atoms with Gasteiger partial charge in [0.1, 0.15) is 4.99 Å². The van der Waals surface area contributed by atoms with Crippen LogP contribution in [0.1, 0.15) is 12.5 Å². The first-order valence-electron chi connectivity index (χ1n) is 4.18. The van der Waals surface area contributed by atoms with Gasteiger partial charge in [0.25, 0.3) is 0 Å². The predicted molar refractivity (Wildman–Crippen MR) is 61.0 cm³/mol. The molecule has 0 aliphatic rings. The summed E-state index contributed by atoms with van der Waals surface area (Å²) in [5, 5.41) is 3.13. The molecular formula is C11H13NS. The van der Waals surface area contributed by atoms with Crippen molar-refractivity contribution in [1.29, 1.82) is 0 Å². The predicted octanol–water partition coefficient (Wildman–Crippen LogP) is 2.53. The standard InChI is InChI=1S/C11H13NS/c1-9(2)8-12-11(13)10-6-4-3-5-7-10/h3-7H,1,8H2,2H3,(H,12,13). The van der Waals surface area contributed by atoms with Crippen LogP contribution < -0.4 is 5.32 Å². The van der Waals surface area contributed by atoms with Crippen LogP contribution in [0.4, 0.5) is 0 Å². The van der Waals surface area contributed by atoms with Crippen molar-refractivity contribution in [2.45, 2.75) is 6.92 Å². The molecule has 0 radical (unpaired) electrons. The van der Waals surface area contributed by atoms with Crippen LogP contribution in [0.2, 0.25) is 0 Å². The molecule has 0 aliphatic carbocycles. The average Bonchev–Trinajstić information content (AvgIpc) is 2.15. The highest BCUT2D eigenvalue weighted by Gasteiger charge is 1.97. The van der Waals surface area contributed by atoms with Gasteiger partial charge in [-0.3, -0.25) is 0 Å². The van der Waals surface area contributed by atoms with E-state index in [0.717, 1.165) is 22.7 Å². The van der Waals surface area contributed by atoms with Crippen LogP contribution in [0.25, 0.3) is 0 Å². The third-order valence-electron chi connectivity index (χ3n) is 1.59. The highest BCUT2D eigenvalue weighted by molar-refractivity contribution is 7.80. The van der Waals surface area contributed by atoms with Crippen molar-refractivity contribution in [3.05, 3.63) is 48.0 Å². The van der Waals surface area contributed by atoms with E-state index in [4.69, 9.17) is 12.2 Å². The lowest BCUT2D eigenvalue weighted by atomic mass is 10.2. The summed E-state index contributed by atoms with van der Waals surface area (Å²) in [4.78, 5) is 0.781.